The summed E-state index contributed by atoms with van der Waals surface area (Å²) >= 11 is 0. The van der Waals surface area contributed by atoms with Gasteiger partial charge in [-0.3, -0.25) is 0 Å². The molecule has 0 bridgehead atoms. The van der Waals surface area contributed by atoms with Crippen LogP contribution >= 0.6 is 0 Å². The Bertz CT molecular complexity index is 542. The minimum absolute atomic E-state index is 0.0261. The molecule has 2 aromatic rings. The topological polar surface area (TPSA) is 27.8 Å². The van der Waals surface area contributed by atoms with Crippen molar-refractivity contribution >= 4 is 10.9 Å². The van der Waals surface area contributed by atoms with Gasteiger partial charge in [0.25, 0.3) is 0 Å². The number of aromatic nitrogens is 1. The Morgan fingerprint density at radius 2 is 2.00 bits per heavy atom. The Kier molecular flexibility index (Phi) is 2.82. The van der Waals surface area contributed by atoms with Gasteiger partial charge >= 0.3 is 6.18 Å². The molecule has 2 N–H and O–H groups in total. The van der Waals surface area contributed by atoms with Gasteiger partial charge in [-0.1, -0.05) is 0 Å². The molecule has 92 valence electrons. The zero-order valence-corrected chi connectivity index (χ0v) is 8.95. The maximum Gasteiger partial charge on any atom is 0.431 e. The molecule has 0 aliphatic heterocycles. The standard InChI is InChI=1S/C11H10F4N2/c1-16-5-8-7-4-6(12)2-3-9(7)17-10(8)11(13,14)15/h2-4,16-17H,5H2,1H3. The summed E-state index contributed by atoms with van der Waals surface area (Å²) in [4.78, 5) is 2.28. The van der Waals surface area contributed by atoms with Gasteiger partial charge in [-0.2, -0.15) is 13.2 Å². The number of rotatable bonds is 2. The van der Waals surface area contributed by atoms with E-state index in [1.807, 2.05) is 0 Å². The van der Waals surface area contributed by atoms with Crippen LogP contribution in [0, 0.1) is 5.82 Å². The highest BCUT2D eigenvalue weighted by Gasteiger charge is 2.36. The van der Waals surface area contributed by atoms with Crippen LogP contribution in [0.2, 0.25) is 0 Å². The maximum absolute atomic E-state index is 13.0. The van der Waals surface area contributed by atoms with Crippen molar-refractivity contribution < 1.29 is 17.6 Å². The van der Waals surface area contributed by atoms with Crippen LogP contribution in [0.3, 0.4) is 0 Å². The average Bonchev–Trinajstić information content (AvgIpc) is 2.57. The molecule has 0 unspecified atom stereocenters. The van der Waals surface area contributed by atoms with Gasteiger partial charge in [0, 0.05) is 23.0 Å². The van der Waals surface area contributed by atoms with E-state index in [9.17, 15) is 17.6 Å². The third-order valence-corrected chi connectivity index (χ3v) is 2.51. The van der Waals surface area contributed by atoms with Crippen LogP contribution in [-0.4, -0.2) is 12.0 Å². The fourth-order valence-corrected chi connectivity index (χ4v) is 1.82. The van der Waals surface area contributed by atoms with Gasteiger partial charge in [0.15, 0.2) is 0 Å². The Morgan fingerprint density at radius 3 is 2.59 bits per heavy atom. The predicted octanol–water partition coefficient (Wildman–Crippen LogP) is 3.05. The predicted molar refractivity (Wildman–Crippen MR) is 56.0 cm³/mol. The van der Waals surface area contributed by atoms with Gasteiger partial charge in [0.05, 0.1) is 0 Å². The second kappa shape index (κ2) is 4.03. The molecule has 0 fully saturated rings. The largest absolute Gasteiger partial charge is 0.431 e. The summed E-state index contributed by atoms with van der Waals surface area (Å²) in [5.74, 6) is -0.553. The monoisotopic (exact) mass is 246 g/mol. The molecular formula is C11H10F4N2. The van der Waals surface area contributed by atoms with Crippen LogP contribution in [0.25, 0.3) is 10.9 Å². The highest BCUT2D eigenvalue weighted by molar-refractivity contribution is 5.85. The van der Waals surface area contributed by atoms with E-state index in [4.69, 9.17) is 0 Å². The van der Waals surface area contributed by atoms with Crippen molar-refractivity contribution in [3.8, 4) is 0 Å². The molecule has 0 aliphatic rings. The van der Waals surface area contributed by atoms with Gasteiger partial charge in [-0.15, -0.1) is 0 Å². The van der Waals surface area contributed by atoms with Crippen molar-refractivity contribution in [2.45, 2.75) is 12.7 Å². The van der Waals surface area contributed by atoms with E-state index in [1.165, 1.54) is 13.1 Å². The van der Waals surface area contributed by atoms with Gasteiger partial charge in [-0.25, -0.2) is 4.39 Å². The third kappa shape index (κ3) is 2.12. The first-order chi connectivity index (χ1) is 7.93. The smallest absolute Gasteiger partial charge is 0.351 e. The highest BCUT2D eigenvalue weighted by atomic mass is 19.4. The Hall–Kier alpha value is -1.56. The lowest BCUT2D eigenvalue weighted by molar-refractivity contribution is -0.141. The number of aromatic amines is 1. The molecule has 0 amide bonds. The number of nitrogens with one attached hydrogen (secondary N) is 2. The van der Waals surface area contributed by atoms with Crippen molar-refractivity contribution in [1.29, 1.82) is 0 Å². The molecular weight excluding hydrogens is 236 g/mol. The van der Waals surface area contributed by atoms with Crippen LogP contribution in [0.1, 0.15) is 11.3 Å². The first-order valence-corrected chi connectivity index (χ1v) is 4.95. The van der Waals surface area contributed by atoms with Gasteiger partial charge < -0.3 is 10.3 Å². The number of H-pyrrole nitrogens is 1. The lowest BCUT2D eigenvalue weighted by Gasteiger charge is -2.07. The lowest BCUT2D eigenvalue weighted by atomic mass is 10.1. The molecule has 0 saturated carbocycles. The van der Waals surface area contributed by atoms with E-state index in [0.717, 1.165) is 12.1 Å². The van der Waals surface area contributed by atoms with E-state index >= 15 is 0 Å². The molecule has 6 heteroatoms. The quantitative estimate of drug-likeness (QED) is 0.783. The molecule has 0 atom stereocenters. The van der Waals surface area contributed by atoms with Crippen molar-refractivity contribution in [3.63, 3.8) is 0 Å². The number of fused-ring (bicyclic) bond motifs is 1. The highest BCUT2D eigenvalue weighted by Crippen LogP contribution is 2.35. The van der Waals surface area contributed by atoms with Crippen molar-refractivity contribution in [2.75, 3.05) is 7.05 Å². The molecule has 0 radical (unpaired) electrons. The summed E-state index contributed by atoms with van der Waals surface area (Å²) in [6.07, 6.45) is -4.47. The van der Waals surface area contributed by atoms with Gasteiger partial charge in [-0.05, 0) is 25.2 Å². The van der Waals surface area contributed by atoms with Crippen LogP contribution < -0.4 is 5.32 Å². The van der Waals surface area contributed by atoms with E-state index < -0.39 is 17.7 Å². The molecule has 0 saturated heterocycles. The SMILES string of the molecule is CNCc1c(C(F)(F)F)[nH]c2ccc(F)cc12. The molecule has 0 aliphatic carbocycles. The van der Waals surface area contributed by atoms with Crippen LogP contribution in [0.5, 0.6) is 0 Å². The fraction of sp³-hybridized carbons (Fsp3) is 0.273. The molecule has 1 heterocycles. The summed E-state index contributed by atoms with van der Waals surface area (Å²) < 4.78 is 51.3. The number of hydrogen-bond acceptors (Lipinski definition) is 1. The van der Waals surface area contributed by atoms with E-state index in [-0.39, 0.29) is 23.0 Å². The molecule has 17 heavy (non-hydrogen) atoms. The summed E-state index contributed by atoms with van der Waals surface area (Å²) in [5, 5.41) is 2.91. The van der Waals surface area contributed by atoms with Crippen molar-refractivity contribution in [1.82, 2.24) is 10.3 Å². The molecule has 1 aromatic heterocycles. The molecule has 2 rings (SSSR count). The second-order valence-electron chi connectivity index (χ2n) is 3.70. The van der Waals surface area contributed by atoms with Gasteiger partial charge in [0.2, 0.25) is 0 Å². The fourth-order valence-electron chi connectivity index (χ4n) is 1.82. The average molecular weight is 246 g/mol. The number of halogens is 4. The zero-order valence-electron chi connectivity index (χ0n) is 8.95. The third-order valence-electron chi connectivity index (χ3n) is 2.51. The zero-order chi connectivity index (χ0) is 12.6. The summed E-state index contributed by atoms with van der Waals surface area (Å²) in [7, 11) is 1.54. The Labute approximate surface area is 94.6 Å². The Balaban J connectivity index is 2.71. The molecule has 2 nitrogen and oxygen atoms in total. The number of alkyl halides is 3. The number of benzene rings is 1. The van der Waals surface area contributed by atoms with Crippen LogP contribution in [0.4, 0.5) is 17.6 Å². The summed E-state index contributed by atoms with van der Waals surface area (Å²) in [6, 6.07) is 3.54. The Morgan fingerprint density at radius 1 is 1.29 bits per heavy atom. The van der Waals surface area contributed by atoms with E-state index in [1.54, 1.807) is 0 Å². The minimum Gasteiger partial charge on any atom is -0.351 e. The lowest BCUT2D eigenvalue weighted by Crippen LogP contribution is -2.13. The van der Waals surface area contributed by atoms with Crippen molar-refractivity contribution in [3.05, 3.63) is 35.3 Å². The first kappa shape index (κ1) is 11.9. The maximum atomic E-state index is 13.0. The second-order valence-corrected chi connectivity index (χ2v) is 3.70. The normalized spacial score (nSPS) is 12.3. The molecule has 0 spiro atoms. The first-order valence-electron chi connectivity index (χ1n) is 4.95. The number of hydrogen-bond donors (Lipinski definition) is 2. The van der Waals surface area contributed by atoms with Crippen LogP contribution in [0.15, 0.2) is 18.2 Å². The van der Waals surface area contributed by atoms with Gasteiger partial charge in [0.1, 0.15) is 11.5 Å². The van der Waals surface area contributed by atoms with E-state index in [0.29, 0.717) is 0 Å². The molecule has 1 aromatic carbocycles. The minimum atomic E-state index is -4.47. The summed E-state index contributed by atoms with van der Waals surface area (Å²) in [5.41, 5.74) is -0.508. The van der Waals surface area contributed by atoms with Crippen molar-refractivity contribution in [2.24, 2.45) is 0 Å². The van der Waals surface area contributed by atoms with E-state index in [2.05, 4.69) is 10.3 Å². The summed E-state index contributed by atoms with van der Waals surface area (Å²) in [6.45, 7) is 0.0261. The van der Waals surface area contributed by atoms with Crippen LogP contribution in [-0.2, 0) is 12.7 Å².